The van der Waals surface area contributed by atoms with Crippen LogP contribution in [-0.4, -0.2) is 13.2 Å². The van der Waals surface area contributed by atoms with Crippen molar-refractivity contribution in [3.8, 4) is 5.75 Å². The molecule has 1 aromatic rings. The molecule has 0 aliphatic heterocycles. The van der Waals surface area contributed by atoms with E-state index in [0.29, 0.717) is 11.3 Å². The summed E-state index contributed by atoms with van der Waals surface area (Å²) in [7, 11) is 0. The zero-order valence-electron chi connectivity index (χ0n) is 12.4. The molecule has 0 fully saturated rings. The van der Waals surface area contributed by atoms with Gasteiger partial charge in [-0.25, -0.2) is 0 Å². The van der Waals surface area contributed by atoms with Gasteiger partial charge in [0.15, 0.2) is 0 Å². The van der Waals surface area contributed by atoms with Crippen molar-refractivity contribution in [1.82, 2.24) is 5.32 Å². The molecule has 0 aromatic heterocycles. The summed E-state index contributed by atoms with van der Waals surface area (Å²) in [6, 6.07) is 8.30. The van der Waals surface area contributed by atoms with E-state index in [1.165, 1.54) is 5.56 Å². The molecule has 0 bridgehead atoms. The van der Waals surface area contributed by atoms with Gasteiger partial charge in [0.1, 0.15) is 5.75 Å². The third-order valence-corrected chi connectivity index (χ3v) is 3.47. The van der Waals surface area contributed by atoms with Crippen LogP contribution in [0.25, 0.3) is 0 Å². The zero-order chi connectivity index (χ0) is 13.6. The van der Waals surface area contributed by atoms with Crippen LogP contribution in [0.3, 0.4) is 0 Å². The highest BCUT2D eigenvalue weighted by molar-refractivity contribution is 5.28. The van der Waals surface area contributed by atoms with Gasteiger partial charge in [0, 0.05) is 6.54 Å². The zero-order valence-corrected chi connectivity index (χ0v) is 12.4. The van der Waals surface area contributed by atoms with Gasteiger partial charge in [-0.3, -0.25) is 0 Å². The first-order chi connectivity index (χ1) is 8.43. The number of benzene rings is 1. The van der Waals surface area contributed by atoms with E-state index in [9.17, 15) is 0 Å². The Morgan fingerprint density at radius 2 is 2.00 bits per heavy atom. The normalized spacial score (nSPS) is 13.4. The van der Waals surface area contributed by atoms with Gasteiger partial charge in [0.25, 0.3) is 0 Å². The summed E-state index contributed by atoms with van der Waals surface area (Å²) in [6.07, 6.45) is 0. The SMILES string of the molecule is CCOc1cccc(CNCC(C)C(C)(C)C)c1. The molecule has 0 heterocycles. The molecule has 0 saturated heterocycles. The molecule has 2 nitrogen and oxygen atoms in total. The van der Waals surface area contributed by atoms with Gasteiger partial charge >= 0.3 is 0 Å². The van der Waals surface area contributed by atoms with E-state index in [1.54, 1.807) is 0 Å². The highest BCUT2D eigenvalue weighted by Crippen LogP contribution is 2.24. The number of nitrogens with one attached hydrogen (secondary N) is 1. The lowest BCUT2D eigenvalue weighted by molar-refractivity contribution is 0.252. The lowest BCUT2D eigenvalue weighted by Crippen LogP contribution is -2.29. The first-order valence-corrected chi connectivity index (χ1v) is 6.86. The Balaban J connectivity index is 2.42. The van der Waals surface area contributed by atoms with Crippen molar-refractivity contribution in [2.75, 3.05) is 13.2 Å². The highest BCUT2D eigenvalue weighted by Gasteiger charge is 2.18. The second-order valence-electron chi connectivity index (χ2n) is 5.98. The van der Waals surface area contributed by atoms with Gasteiger partial charge in [-0.1, -0.05) is 39.8 Å². The van der Waals surface area contributed by atoms with Crippen molar-refractivity contribution < 1.29 is 4.74 Å². The summed E-state index contributed by atoms with van der Waals surface area (Å²) in [6.45, 7) is 13.8. The predicted molar refractivity (Wildman–Crippen MR) is 77.9 cm³/mol. The Bertz CT molecular complexity index is 354. The first kappa shape index (κ1) is 15.0. The van der Waals surface area contributed by atoms with Gasteiger partial charge in [-0.15, -0.1) is 0 Å². The van der Waals surface area contributed by atoms with Crippen molar-refractivity contribution in [3.05, 3.63) is 29.8 Å². The maximum absolute atomic E-state index is 5.50. The molecule has 0 saturated carbocycles. The van der Waals surface area contributed by atoms with Gasteiger partial charge in [-0.05, 0) is 42.5 Å². The minimum Gasteiger partial charge on any atom is -0.494 e. The lowest BCUT2D eigenvalue weighted by atomic mass is 9.82. The summed E-state index contributed by atoms with van der Waals surface area (Å²) in [5.41, 5.74) is 1.64. The van der Waals surface area contributed by atoms with Crippen molar-refractivity contribution in [2.24, 2.45) is 11.3 Å². The average Bonchev–Trinajstić information content (AvgIpc) is 2.28. The van der Waals surface area contributed by atoms with Crippen LogP contribution in [0.1, 0.15) is 40.2 Å². The molecule has 2 heteroatoms. The van der Waals surface area contributed by atoms with Gasteiger partial charge < -0.3 is 10.1 Å². The summed E-state index contributed by atoms with van der Waals surface area (Å²) in [5, 5.41) is 3.52. The summed E-state index contributed by atoms with van der Waals surface area (Å²) < 4.78 is 5.50. The van der Waals surface area contributed by atoms with Gasteiger partial charge in [0.05, 0.1) is 6.61 Å². The molecule has 0 aliphatic carbocycles. The monoisotopic (exact) mass is 249 g/mol. The van der Waals surface area contributed by atoms with Crippen LogP contribution in [-0.2, 0) is 6.54 Å². The Labute approximate surface area is 112 Å². The number of ether oxygens (including phenoxy) is 1. The second-order valence-corrected chi connectivity index (χ2v) is 5.98. The predicted octanol–water partition coefficient (Wildman–Crippen LogP) is 3.86. The molecule has 0 radical (unpaired) electrons. The molecule has 0 amide bonds. The van der Waals surface area contributed by atoms with Crippen molar-refractivity contribution in [3.63, 3.8) is 0 Å². The molecule has 102 valence electrons. The molecule has 0 spiro atoms. The molecule has 1 unspecified atom stereocenters. The topological polar surface area (TPSA) is 21.3 Å². The van der Waals surface area contributed by atoms with Crippen molar-refractivity contribution in [2.45, 2.75) is 41.2 Å². The third-order valence-electron chi connectivity index (χ3n) is 3.47. The Morgan fingerprint density at radius 1 is 1.28 bits per heavy atom. The van der Waals surface area contributed by atoms with Crippen LogP contribution in [0.5, 0.6) is 5.75 Å². The van der Waals surface area contributed by atoms with Crippen LogP contribution in [0, 0.1) is 11.3 Å². The molecule has 18 heavy (non-hydrogen) atoms. The fourth-order valence-corrected chi connectivity index (χ4v) is 1.65. The highest BCUT2D eigenvalue weighted by atomic mass is 16.5. The standard InChI is InChI=1S/C16H27NO/c1-6-18-15-9-7-8-14(10-15)12-17-11-13(2)16(3,4)5/h7-10,13,17H,6,11-12H2,1-5H3. The molecule has 1 atom stereocenters. The maximum atomic E-state index is 5.50. The fourth-order valence-electron chi connectivity index (χ4n) is 1.65. The third kappa shape index (κ3) is 5.09. The molecular weight excluding hydrogens is 222 g/mol. The van der Waals surface area contributed by atoms with Crippen LogP contribution >= 0.6 is 0 Å². The van der Waals surface area contributed by atoms with E-state index in [4.69, 9.17) is 4.74 Å². The minimum atomic E-state index is 0.361. The number of hydrogen-bond acceptors (Lipinski definition) is 2. The fraction of sp³-hybridized carbons (Fsp3) is 0.625. The maximum Gasteiger partial charge on any atom is 0.119 e. The quantitative estimate of drug-likeness (QED) is 0.826. The molecule has 1 N–H and O–H groups in total. The Hall–Kier alpha value is -1.02. The molecular formula is C16H27NO. The van der Waals surface area contributed by atoms with E-state index in [2.05, 4.69) is 51.2 Å². The summed E-state index contributed by atoms with van der Waals surface area (Å²) >= 11 is 0. The minimum absolute atomic E-state index is 0.361. The Kier molecular flexibility index (Phi) is 5.67. The van der Waals surface area contributed by atoms with E-state index in [1.807, 2.05) is 13.0 Å². The van der Waals surface area contributed by atoms with Crippen LogP contribution in [0.15, 0.2) is 24.3 Å². The smallest absolute Gasteiger partial charge is 0.119 e. The van der Waals surface area contributed by atoms with Gasteiger partial charge in [0.2, 0.25) is 0 Å². The van der Waals surface area contributed by atoms with Gasteiger partial charge in [-0.2, -0.15) is 0 Å². The molecule has 1 aromatic carbocycles. The van der Waals surface area contributed by atoms with Crippen molar-refractivity contribution in [1.29, 1.82) is 0 Å². The van der Waals surface area contributed by atoms with E-state index in [0.717, 1.165) is 25.4 Å². The largest absolute Gasteiger partial charge is 0.494 e. The number of rotatable bonds is 6. The van der Waals surface area contributed by atoms with E-state index < -0.39 is 0 Å². The molecule has 0 aliphatic rings. The van der Waals surface area contributed by atoms with Crippen LogP contribution in [0.2, 0.25) is 0 Å². The summed E-state index contributed by atoms with van der Waals surface area (Å²) in [5.74, 6) is 1.62. The lowest BCUT2D eigenvalue weighted by Gasteiger charge is -2.27. The van der Waals surface area contributed by atoms with Crippen LogP contribution in [0.4, 0.5) is 0 Å². The second kappa shape index (κ2) is 6.79. The number of hydrogen-bond donors (Lipinski definition) is 1. The van der Waals surface area contributed by atoms with Crippen molar-refractivity contribution >= 4 is 0 Å². The van der Waals surface area contributed by atoms with E-state index in [-0.39, 0.29) is 0 Å². The first-order valence-electron chi connectivity index (χ1n) is 6.86. The molecule has 1 rings (SSSR count). The van der Waals surface area contributed by atoms with Crippen LogP contribution < -0.4 is 10.1 Å². The van der Waals surface area contributed by atoms with E-state index >= 15 is 0 Å². The average molecular weight is 249 g/mol. The summed E-state index contributed by atoms with van der Waals surface area (Å²) in [4.78, 5) is 0. The Morgan fingerprint density at radius 3 is 2.61 bits per heavy atom.